The Kier molecular flexibility index (Phi) is 3.38. The Morgan fingerprint density at radius 2 is 2.05 bits per heavy atom. The number of rotatable bonds is 3. The van der Waals surface area contributed by atoms with Crippen molar-refractivity contribution < 1.29 is 5.11 Å². The highest BCUT2D eigenvalue weighted by atomic mass is 16.3. The standard InChI is InChI=1S/C17H22N2O/c1-11-16(12(2)19(3)18-11)17(20)15-9-5-8-14(10-15)13-6-4-7-13/h5,8-10,13,17,20H,4,6-7H2,1-3H3. The molecule has 0 spiro atoms. The minimum atomic E-state index is -0.580. The van der Waals surface area contributed by atoms with Crippen molar-refractivity contribution >= 4 is 0 Å². The van der Waals surface area contributed by atoms with Crippen LogP contribution in [0.5, 0.6) is 0 Å². The van der Waals surface area contributed by atoms with Crippen LogP contribution in [-0.4, -0.2) is 14.9 Å². The number of nitrogens with zero attached hydrogens (tertiary/aromatic N) is 2. The Morgan fingerprint density at radius 1 is 1.30 bits per heavy atom. The molecule has 0 radical (unpaired) electrons. The minimum absolute atomic E-state index is 0.580. The second kappa shape index (κ2) is 5.06. The van der Waals surface area contributed by atoms with E-state index < -0.39 is 6.10 Å². The van der Waals surface area contributed by atoms with Crippen LogP contribution in [0.1, 0.15) is 59.4 Å². The van der Waals surface area contributed by atoms with Gasteiger partial charge < -0.3 is 5.11 Å². The van der Waals surface area contributed by atoms with Crippen molar-refractivity contribution in [2.75, 3.05) is 0 Å². The first-order chi connectivity index (χ1) is 9.58. The molecule has 3 rings (SSSR count). The monoisotopic (exact) mass is 270 g/mol. The summed E-state index contributed by atoms with van der Waals surface area (Å²) in [6.45, 7) is 3.97. The lowest BCUT2D eigenvalue weighted by atomic mass is 9.79. The highest BCUT2D eigenvalue weighted by Gasteiger charge is 2.23. The maximum atomic E-state index is 10.7. The van der Waals surface area contributed by atoms with E-state index in [0.717, 1.165) is 22.5 Å². The normalized spacial score (nSPS) is 17.0. The van der Waals surface area contributed by atoms with Crippen molar-refractivity contribution in [2.24, 2.45) is 7.05 Å². The van der Waals surface area contributed by atoms with Gasteiger partial charge in [0, 0.05) is 18.3 Å². The van der Waals surface area contributed by atoms with E-state index in [2.05, 4.69) is 23.3 Å². The van der Waals surface area contributed by atoms with Gasteiger partial charge in [0.05, 0.1) is 5.69 Å². The van der Waals surface area contributed by atoms with Crippen LogP contribution in [-0.2, 0) is 7.05 Å². The molecule has 3 heteroatoms. The van der Waals surface area contributed by atoms with E-state index in [4.69, 9.17) is 0 Å². The van der Waals surface area contributed by atoms with Crippen molar-refractivity contribution in [2.45, 2.75) is 45.1 Å². The van der Waals surface area contributed by atoms with Crippen molar-refractivity contribution in [1.29, 1.82) is 0 Å². The highest BCUT2D eigenvalue weighted by Crippen LogP contribution is 2.37. The van der Waals surface area contributed by atoms with E-state index in [1.807, 2.05) is 31.6 Å². The Morgan fingerprint density at radius 3 is 2.60 bits per heavy atom. The molecule has 3 nitrogen and oxygen atoms in total. The maximum Gasteiger partial charge on any atom is 0.108 e. The van der Waals surface area contributed by atoms with Gasteiger partial charge in [-0.2, -0.15) is 5.10 Å². The van der Waals surface area contributed by atoms with Crippen LogP contribution in [0, 0.1) is 13.8 Å². The maximum absolute atomic E-state index is 10.7. The average molecular weight is 270 g/mol. The van der Waals surface area contributed by atoms with E-state index in [1.165, 1.54) is 24.8 Å². The smallest absolute Gasteiger partial charge is 0.108 e. The molecule has 1 N–H and O–H groups in total. The van der Waals surface area contributed by atoms with Crippen LogP contribution >= 0.6 is 0 Å². The Balaban J connectivity index is 1.95. The summed E-state index contributed by atoms with van der Waals surface area (Å²) in [4.78, 5) is 0. The number of aromatic nitrogens is 2. The lowest BCUT2D eigenvalue weighted by molar-refractivity contribution is 0.218. The van der Waals surface area contributed by atoms with Crippen molar-refractivity contribution in [3.05, 3.63) is 52.3 Å². The molecule has 0 aliphatic heterocycles. The van der Waals surface area contributed by atoms with Gasteiger partial charge >= 0.3 is 0 Å². The fourth-order valence-corrected chi connectivity index (χ4v) is 3.08. The molecular weight excluding hydrogens is 248 g/mol. The molecule has 1 aromatic carbocycles. The molecule has 20 heavy (non-hydrogen) atoms. The Bertz CT molecular complexity index is 626. The van der Waals surface area contributed by atoms with E-state index in [1.54, 1.807) is 0 Å². The first-order valence-electron chi connectivity index (χ1n) is 7.36. The Labute approximate surface area is 120 Å². The zero-order chi connectivity index (χ0) is 14.3. The average Bonchev–Trinajstić information content (AvgIpc) is 2.61. The molecule has 1 atom stereocenters. The molecule has 106 valence electrons. The summed E-state index contributed by atoms with van der Waals surface area (Å²) in [6.07, 6.45) is 3.32. The fraction of sp³-hybridized carbons (Fsp3) is 0.471. The number of hydrogen-bond donors (Lipinski definition) is 1. The third-order valence-corrected chi connectivity index (χ3v) is 4.64. The summed E-state index contributed by atoms with van der Waals surface area (Å²) in [5.74, 6) is 0.693. The van der Waals surface area contributed by atoms with Crippen LogP contribution < -0.4 is 0 Å². The van der Waals surface area contributed by atoms with E-state index in [9.17, 15) is 5.11 Å². The fourth-order valence-electron chi connectivity index (χ4n) is 3.08. The number of aryl methyl sites for hydroxylation is 2. The zero-order valence-corrected chi connectivity index (χ0v) is 12.4. The van der Waals surface area contributed by atoms with Gasteiger partial charge in [-0.15, -0.1) is 0 Å². The zero-order valence-electron chi connectivity index (χ0n) is 12.4. The summed E-state index contributed by atoms with van der Waals surface area (Å²) >= 11 is 0. The summed E-state index contributed by atoms with van der Waals surface area (Å²) in [7, 11) is 1.92. The molecule has 1 heterocycles. The molecule has 1 fully saturated rings. The topological polar surface area (TPSA) is 38.0 Å². The quantitative estimate of drug-likeness (QED) is 0.928. The summed E-state index contributed by atoms with van der Waals surface area (Å²) in [5, 5.41) is 15.1. The largest absolute Gasteiger partial charge is 0.384 e. The summed E-state index contributed by atoms with van der Waals surface area (Å²) in [5.41, 5.74) is 5.23. The molecule has 0 amide bonds. The minimum Gasteiger partial charge on any atom is -0.384 e. The van der Waals surface area contributed by atoms with Crippen LogP contribution in [0.2, 0.25) is 0 Å². The van der Waals surface area contributed by atoms with Crippen LogP contribution in [0.4, 0.5) is 0 Å². The van der Waals surface area contributed by atoms with E-state index in [-0.39, 0.29) is 0 Å². The molecule has 0 bridgehead atoms. The number of aliphatic hydroxyl groups is 1. The first kappa shape index (κ1) is 13.4. The molecule has 1 saturated carbocycles. The van der Waals surface area contributed by atoms with Gasteiger partial charge in [0.25, 0.3) is 0 Å². The lowest BCUT2D eigenvalue weighted by Crippen LogP contribution is -2.10. The second-order valence-electron chi connectivity index (χ2n) is 5.91. The number of hydrogen-bond acceptors (Lipinski definition) is 2. The van der Waals surface area contributed by atoms with E-state index >= 15 is 0 Å². The third-order valence-electron chi connectivity index (χ3n) is 4.64. The van der Waals surface area contributed by atoms with Crippen LogP contribution in [0.25, 0.3) is 0 Å². The predicted molar refractivity (Wildman–Crippen MR) is 79.8 cm³/mol. The van der Waals surface area contributed by atoms with Gasteiger partial charge in [-0.1, -0.05) is 30.7 Å². The molecule has 1 aliphatic rings. The molecule has 1 aliphatic carbocycles. The van der Waals surface area contributed by atoms with E-state index in [0.29, 0.717) is 5.92 Å². The Hall–Kier alpha value is -1.61. The van der Waals surface area contributed by atoms with Gasteiger partial charge in [-0.3, -0.25) is 4.68 Å². The summed E-state index contributed by atoms with van der Waals surface area (Å²) < 4.78 is 1.84. The van der Waals surface area contributed by atoms with Crippen molar-refractivity contribution in [3.63, 3.8) is 0 Å². The number of benzene rings is 1. The van der Waals surface area contributed by atoms with Gasteiger partial charge in [0.15, 0.2) is 0 Å². The van der Waals surface area contributed by atoms with Gasteiger partial charge in [-0.05, 0) is 43.7 Å². The molecule has 0 saturated heterocycles. The molecular formula is C17H22N2O. The van der Waals surface area contributed by atoms with Gasteiger partial charge in [-0.25, -0.2) is 0 Å². The SMILES string of the molecule is Cc1nn(C)c(C)c1C(O)c1cccc(C2CCC2)c1. The lowest BCUT2D eigenvalue weighted by Gasteiger charge is -2.26. The first-order valence-corrected chi connectivity index (χ1v) is 7.36. The third kappa shape index (κ3) is 2.16. The molecule has 1 aromatic heterocycles. The van der Waals surface area contributed by atoms with Crippen LogP contribution in [0.3, 0.4) is 0 Å². The second-order valence-corrected chi connectivity index (χ2v) is 5.91. The van der Waals surface area contributed by atoms with Gasteiger partial charge in [0.2, 0.25) is 0 Å². The van der Waals surface area contributed by atoms with Crippen molar-refractivity contribution in [3.8, 4) is 0 Å². The highest BCUT2D eigenvalue weighted by molar-refractivity contribution is 5.38. The molecule has 2 aromatic rings. The summed E-state index contributed by atoms with van der Waals surface area (Å²) in [6, 6.07) is 8.43. The van der Waals surface area contributed by atoms with Crippen molar-refractivity contribution in [1.82, 2.24) is 9.78 Å². The molecule has 1 unspecified atom stereocenters. The predicted octanol–water partition coefficient (Wildman–Crippen LogP) is 3.39. The van der Waals surface area contributed by atoms with Crippen LogP contribution in [0.15, 0.2) is 24.3 Å². The van der Waals surface area contributed by atoms with Gasteiger partial charge in [0.1, 0.15) is 6.10 Å². The number of aliphatic hydroxyl groups excluding tert-OH is 1.